The average molecular weight is 437 g/mol. The highest BCUT2D eigenvalue weighted by Gasteiger charge is 2.26. The van der Waals surface area contributed by atoms with E-state index in [1.807, 2.05) is 0 Å². The molecule has 8 nitrogen and oxygen atoms in total. The maximum atomic E-state index is 13.1. The molecule has 0 N–H and O–H groups in total. The third-order valence-corrected chi connectivity index (χ3v) is 5.74. The van der Waals surface area contributed by atoms with Crippen LogP contribution in [0.1, 0.15) is 28.8 Å². The molecular formula is C24H23NO7. The Balaban J connectivity index is 1.40. The second kappa shape index (κ2) is 8.64. The quantitative estimate of drug-likeness (QED) is 0.559. The number of benzene rings is 2. The van der Waals surface area contributed by atoms with Crippen LogP contribution in [0.4, 0.5) is 0 Å². The normalized spacial score (nSPS) is 18.2. The Labute approximate surface area is 184 Å². The van der Waals surface area contributed by atoms with E-state index in [2.05, 4.69) is 9.64 Å². The van der Waals surface area contributed by atoms with E-state index in [0.717, 1.165) is 37.3 Å². The van der Waals surface area contributed by atoms with Gasteiger partial charge in [-0.05, 0) is 49.2 Å². The van der Waals surface area contributed by atoms with Crippen LogP contribution in [0.15, 0.2) is 51.9 Å². The number of ether oxygens (including phenoxy) is 4. The lowest BCUT2D eigenvalue weighted by Crippen LogP contribution is -2.37. The van der Waals surface area contributed by atoms with Gasteiger partial charge in [-0.3, -0.25) is 9.69 Å². The van der Waals surface area contributed by atoms with Crippen LogP contribution in [0.3, 0.4) is 0 Å². The minimum absolute atomic E-state index is 0.0659. The van der Waals surface area contributed by atoms with Crippen LogP contribution < -0.4 is 14.9 Å². The van der Waals surface area contributed by atoms with Crippen molar-refractivity contribution in [3.8, 4) is 17.2 Å². The first-order valence-electron chi connectivity index (χ1n) is 10.5. The summed E-state index contributed by atoms with van der Waals surface area (Å²) >= 11 is 0. The predicted octanol–water partition coefficient (Wildman–Crippen LogP) is 3.70. The molecule has 0 bridgehead atoms. The monoisotopic (exact) mass is 437 g/mol. The van der Waals surface area contributed by atoms with Gasteiger partial charge in [0.25, 0.3) is 0 Å². The number of fused-ring (bicyclic) bond motifs is 3. The SMILES string of the molecule is COC(=O)c1ccc(Oc2coc3c4c(ccc3c2=O)OCN(C[C@@H]2CCCO2)C4)cc1. The maximum Gasteiger partial charge on any atom is 0.337 e. The van der Waals surface area contributed by atoms with Gasteiger partial charge in [0.1, 0.15) is 30.1 Å². The molecule has 2 aliphatic rings. The number of esters is 1. The number of hydrogen-bond donors (Lipinski definition) is 0. The first-order chi connectivity index (χ1) is 15.6. The molecule has 0 unspecified atom stereocenters. The zero-order valence-corrected chi connectivity index (χ0v) is 17.7. The number of carbonyl (C=O) groups is 1. The van der Waals surface area contributed by atoms with Crippen LogP contribution in [0.5, 0.6) is 17.2 Å². The number of nitrogens with zero attached hydrogens (tertiary/aromatic N) is 1. The number of hydrogen-bond acceptors (Lipinski definition) is 8. The summed E-state index contributed by atoms with van der Waals surface area (Å²) in [5.74, 6) is 0.753. The van der Waals surface area contributed by atoms with Crippen LogP contribution in [0.25, 0.3) is 11.0 Å². The van der Waals surface area contributed by atoms with Crippen molar-refractivity contribution in [1.29, 1.82) is 0 Å². The molecular weight excluding hydrogens is 414 g/mol. The zero-order chi connectivity index (χ0) is 22.1. The molecule has 5 rings (SSSR count). The van der Waals surface area contributed by atoms with Crippen molar-refractivity contribution in [2.24, 2.45) is 0 Å². The Morgan fingerprint density at radius 3 is 2.78 bits per heavy atom. The molecule has 2 aliphatic heterocycles. The Morgan fingerprint density at radius 2 is 2.03 bits per heavy atom. The van der Waals surface area contributed by atoms with Gasteiger partial charge in [-0.1, -0.05) is 0 Å². The van der Waals surface area contributed by atoms with Gasteiger partial charge in [-0.25, -0.2) is 4.79 Å². The van der Waals surface area contributed by atoms with Crippen molar-refractivity contribution < 1.29 is 28.2 Å². The van der Waals surface area contributed by atoms with E-state index in [1.54, 1.807) is 36.4 Å². The molecule has 166 valence electrons. The van der Waals surface area contributed by atoms with Gasteiger partial charge in [-0.15, -0.1) is 0 Å². The topological polar surface area (TPSA) is 87.4 Å². The van der Waals surface area contributed by atoms with Crippen molar-refractivity contribution in [1.82, 2.24) is 4.90 Å². The van der Waals surface area contributed by atoms with E-state index in [9.17, 15) is 9.59 Å². The smallest absolute Gasteiger partial charge is 0.337 e. The summed E-state index contributed by atoms with van der Waals surface area (Å²) in [6.45, 7) is 2.68. The van der Waals surface area contributed by atoms with E-state index in [0.29, 0.717) is 35.6 Å². The Kier molecular flexibility index (Phi) is 5.55. The highest BCUT2D eigenvalue weighted by atomic mass is 16.5. The van der Waals surface area contributed by atoms with Crippen molar-refractivity contribution in [3.05, 3.63) is 64.0 Å². The fourth-order valence-corrected chi connectivity index (χ4v) is 4.10. The molecule has 0 saturated carbocycles. The molecule has 1 saturated heterocycles. The van der Waals surface area contributed by atoms with E-state index in [-0.39, 0.29) is 17.3 Å². The summed E-state index contributed by atoms with van der Waals surface area (Å²) < 4.78 is 27.9. The van der Waals surface area contributed by atoms with Crippen molar-refractivity contribution in [2.45, 2.75) is 25.5 Å². The van der Waals surface area contributed by atoms with Gasteiger partial charge in [0.05, 0.1) is 29.7 Å². The van der Waals surface area contributed by atoms with Crippen LogP contribution in [-0.2, 0) is 16.0 Å². The van der Waals surface area contributed by atoms with E-state index >= 15 is 0 Å². The molecule has 0 amide bonds. The van der Waals surface area contributed by atoms with E-state index in [4.69, 9.17) is 18.6 Å². The molecule has 3 heterocycles. The largest absolute Gasteiger partial charge is 0.478 e. The van der Waals surface area contributed by atoms with Gasteiger partial charge in [0.2, 0.25) is 11.2 Å². The molecule has 3 aromatic rings. The molecule has 2 aromatic carbocycles. The third kappa shape index (κ3) is 3.94. The molecule has 0 radical (unpaired) electrons. The number of methoxy groups -OCH3 is 1. The Morgan fingerprint density at radius 1 is 1.19 bits per heavy atom. The van der Waals surface area contributed by atoms with Crippen molar-refractivity contribution >= 4 is 16.9 Å². The predicted molar refractivity (Wildman–Crippen MR) is 115 cm³/mol. The summed E-state index contributed by atoms with van der Waals surface area (Å²) in [5.41, 5.74) is 1.46. The van der Waals surface area contributed by atoms with E-state index in [1.165, 1.54) is 13.4 Å². The Bertz CT molecular complexity index is 1200. The van der Waals surface area contributed by atoms with Gasteiger partial charge in [-0.2, -0.15) is 0 Å². The first-order valence-corrected chi connectivity index (χ1v) is 10.5. The third-order valence-electron chi connectivity index (χ3n) is 5.74. The molecule has 1 aromatic heterocycles. The van der Waals surface area contributed by atoms with Gasteiger partial charge < -0.3 is 23.4 Å². The van der Waals surface area contributed by atoms with Gasteiger partial charge in [0, 0.05) is 19.7 Å². The van der Waals surface area contributed by atoms with Crippen molar-refractivity contribution in [3.63, 3.8) is 0 Å². The first kappa shape index (κ1) is 20.5. The van der Waals surface area contributed by atoms with Crippen LogP contribution in [0.2, 0.25) is 0 Å². The molecule has 32 heavy (non-hydrogen) atoms. The highest BCUT2D eigenvalue weighted by molar-refractivity contribution is 5.89. The zero-order valence-electron chi connectivity index (χ0n) is 17.7. The highest BCUT2D eigenvalue weighted by Crippen LogP contribution is 2.33. The Hall–Kier alpha value is -3.36. The van der Waals surface area contributed by atoms with Crippen molar-refractivity contribution in [2.75, 3.05) is 27.0 Å². The minimum Gasteiger partial charge on any atom is -0.478 e. The summed E-state index contributed by atoms with van der Waals surface area (Å²) in [6.07, 6.45) is 3.67. The average Bonchev–Trinajstić information content (AvgIpc) is 3.33. The van der Waals surface area contributed by atoms with E-state index < -0.39 is 5.97 Å². The van der Waals surface area contributed by atoms with Gasteiger partial charge in [0.15, 0.2) is 0 Å². The second-order valence-electron chi connectivity index (χ2n) is 7.89. The number of rotatable bonds is 5. The standard InChI is InChI=1S/C24H23NO7/c1-28-24(27)15-4-6-16(7-5-15)32-21-13-30-23-18(22(21)26)8-9-20-19(23)12-25(14-31-20)11-17-3-2-10-29-17/h4-9,13,17H,2-3,10-12,14H2,1H3/t17-/m0/s1. The minimum atomic E-state index is -0.442. The molecule has 1 fully saturated rings. The van der Waals surface area contributed by atoms with Crippen LogP contribution in [0, 0.1) is 0 Å². The lowest BCUT2D eigenvalue weighted by molar-refractivity contribution is 0.0281. The summed E-state index contributed by atoms with van der Waals surface area (Å²) in [5, 5.41) is 0.426. The fourth-order valence-electron chi connectivity index (χ4n) is 4.10. The summed E-state index contributed by atoms with van der Waals surface area (Å²) in [6, 6.07) is 9.83. The lowest BCUT2D eigenvalue weighted by Gasteiger charge is -2.30. The number of carbonyl (C=O) groups excluding carboxylic acids is 1. The molecule has 0 spiro atoms. The maximum absolute atomic E-state index is 13.1. The fraction of sp³-hybridized carbons (Fsp3) is 0.333. The molecule has 0 aliphatic carbocycles. The van der Waals surface area contributed by atoms with Crippen LogP contribution in [-0.4, -0.2) is 44.0 Å². The lowest BCUT2D eigenvalue weighted by atomic mass is 10.1. The molecule has 1 atom stereocenters. The van der Waals surface area contributed by atoms with Crippen LogP contribution >= 0.6 is 0 Å². The summed E-state index contributed by atoms with van der Waals surface area (Å²) in [4.78, 5) is 26.8. The van der Waals surface area contributed by atoms with Gasteiger partial charge >= 0.3 is 5.97 Å². The second-order valence-corrected chi connectivity index (χ2v) is 7.89. The summed E-state index contributed by atoms with van der Waals surface area (Å²) in [7, 11) is 1.32. The molecule has 8 heteroatoms.